The monoisotopic (exact) mass is 288 g/mol. The van der Waals surface area contributed by atoms with Gasteiger partial charge in [0.15, 0.2) is 0 Å². The lowest BCUT2D eigenvalue weighted by atomic mass is 9.86. The largest absolute Gasteiger partial charge is 0.350 e. The van der Waals surface area contributed by atoms with E-state index in [0.29, 0.717) is 0 Å². The van der Waals surface area contributed by atoms with Crippen LogP contribution >= 0.6 is 0 Å². The van der Waals surface area contributed by atoms with Crippen molar-refractivity contribution >= 4 is 17.5 Å². The number of fused-ring (bicyclic) bond motifs is 1. The van der Waals surface area contributed by atoms with Gasteiger partial charge in [-0.05, 0) is 45.7 Å². The number of nitrogens with one attached hydrogen (secondary N) is 1. The summed E-state index contributed by atoms with van der Waals surface area (Å²) in [5.74, 6) is -0.143. The number of amides is 2. The van der Waals surface area contributed by atoms with Crippen LogP contribution in [0.2, 0.25) is 0 Å². The Morgan fingerprint density at radius 1 is 1.29 bits per heavy atom. The van der Waals surface area contributed by atoms with Crippen LogP contribution in [0.5, 0.6) is 0 Å². The summed E-state index contributed by atoms with van der Waals surface area (Å²) >= 11 is 0. The molecule has 1 N–H and O–H groups in total. The van der Waals surface area contributed by atoms with Crippen LogP contribution in [0.1, 0.15) is 46.6 Å². The molecule has 0 fully saturated rings. The standard InChI is InChI=1S/C17H24N2O2/c1-6-16(2,3)18-14(20)11-19-13-10-8-7-9-12(13)17(4,5)15(19)21/h7-10H,6,11H2,1-5H3,(H,18,20). The fraction of sp³-hybridized carbons (Fsp3) is 0.529. The van der Waals surface area contributed by atoms with Crippen molar-refractivity contribution in [1.82, 2.24) is 5.32 Å². The summed E-state index contributed by atoms with van der Waals surface area (Å²) in [6.45, 7) is 9.87. The molecule has 0 aliphatic carbocycles. The summed E-state index contributed by atoms with van der Waals surface area (Å²) in [4.78, 5) is 26.4. The van der Waals surface area contributed by atoms with Gasteiger partial charge in [0.2, 0.25) is 11.8 Å². The molecule has 0 radical (unpaired) electrons. The van der Waals surface area contributed by atoms with Gasteiger partial charge in [-0.2, -0.15) is 0 Å². The molecule has 1 aliphatic rings. The maximum absolute atomic E-state index is 12.6. The first-order chi connectivity index (χ1) is 9.69. The Kier molecular flexibility index (Phi) is 3.83. The summed E-state index contributed by atoms with van der Waals surface area (Å²) in [7, 11) is 0. The van der Waals surface area contributed by atoms with Gasteiger partial charge in [0.05, 0.1) is 5.41 Å². The second-order valence-electron chi connectivity index (χ2n) is 6.82. The fourth-order valence-corrected chi connectivity index (χ4v) is 2.61. The number of benzene rings is 1. The number of rotatable bonds is 4. The predicted molar refractivity (Wildman–Crippen MR) is 84.3 cm³/mol. The lowest BCUT2D eigenvalue weighted by Gasteiger charge is -2.27. The molecule has 0 unspecified atom stereocenters. The number of hydrogen-bond donors (Lipinski definition) is 1. The first kappa shape index (κ1) is 15.5. The van der Waals surface area contributed by atoms with Crippen LogP contribution in [-0.4, -0.2) is 23.9 Å². The molecule has 0 aromatic heterocycles. The van der Waals surface area contributed by atoms with E-state index in [1.807, 2.05) is 58.9 Å². The second kappa shape index (κ2) is 5.17. The molecule has 1 heterocycles. The minimum absolute atomic E-state index is 0.0202. The summed E-state index contributed by atoms with van der Waals surface area (Å²) < 4.78 is 0. The lowest BCUT2D eigenvalue weighted by molar-refractivity contribution is -0.126. The van der Waals surface area contributed by atoms with E-state index >= 15 is 0 Å². The average Bonchev–Trinajstić information content (AvgIpc) is 2.60. The average molecular weight is 288 g/mol. The molecule has 1 aromatic rings. The van der Waals surface area contributed by atoms with Crippen molar-refractivity contribution in [1.29, 1.82) is 0 Å². The van der Waals surface area contributed by atoms with Gasteiger partial charge in [-0.1, -0.05) is 25.1 Å². The molecule has 0 atom stereocenters. The van der Waals surface area contributed by atoms with Crippen LogP contribution in [0.4, 0.5) is 5.69 Å². The van der Waals surface area contributed by atoms with Crippen LogP contribution < -0.4 is 10.2 Å². The molecule has 2 rings (SSSR count). The number of carbonyl (C=O) groups excluding carboxylic acids is 2. The molecule has 4 nitrogen and oxygen atoms in total. The molecule has 1 aromatic carbocycles. The van der Waals surface area contributed by atoms with Crippen molar-refractivity contribution in [3.8, 4) is 0 Å². The van der Waals surface area contributed by atoms with Crippen LogP contribution in [0, 0.1) is 0 Å². The normalized spacial score (nSPS) is 16.8. The van der Waals surface area contributed by atoms with E-state index in [-0.39, 0.29) is 23.9 Å². The van der Waals surface area contributed by atoms with Crippen LogP contribution in [0.3, 0.4) is 0 Å². The smallest absolute Gasteiger partial charge is 0.240 e. The van der Waals surface area contributed by atoms with E-state index in [1.165, 1.54) is 0 Å². The quantitative estimate of drug-likeness (QED) is 0.926. The molecule has 21 heavy (non-hydrogen) atoms. The fourth-order valence-electron chi connectivity index (χ4n) is 2.61. The van der Waals surface area contributed by atoms with Crippen LogP contribution in [-0.2, 0) is 15.0 Å². The molecule has 0 saturated carbocycles. The Morgan fingerprint density at radius 3 is 2.52 bits per heavy atom. The molecule has 1 aliphatic heterocycles. The van der Waals surface area contributed by atoms with Gasteiger partial charge < -0.3 is 10.2 Å². The maximum Gasteiger partial charge on any atom is 0.240 e. The molecule has 2 amide bonds. The van der Waals surface area contributed by atoms with E-state index in [4.69, 9.17) is 0 Å². The number of anilines is 1. The lowest BCUT2D eigenvalue weighted by Crippen LogP contribution is -2.49. The molecular formula is C17H24N2O2. The van der Waals surface area contributed by atoms with Crippen molar-refractivity contribution in [2.24, 2.45) is 0 Å². The van der Waals surface area contributed by atoms with Gasteiger partial charge in [-0.3, -0.25) is 9.59 Å². The van der Waals surface area contributed by atoms with Gasteiger partial charge in [-0.15, -0.1) is 0 Å². The topological polar surface area (TPSA) is 49.4 Å². The number of carbonyl (C=O) groups is 2. The zero-order valence-corrected chi connectivity index (χ0v) is 13.5. The maximum atomic E-state index is 12.6. The summed E-state index contributed by atoms with van der Waals surface area (Å²) in [6, 6.07) is 7.69. The minimum Gasteiger partial charge on any atom is -0.350 e. The van der Waals surface area contributed by atoms with Crippen LogP contribution in [0.15, 0.2) is 24.3 Å². The molecule has 114 valence electrons. The second-order valence-corrected chi connectivity index (χ2v) is 6.82. The minimum atomic E-state index is -0.572. The zero-order chi connectivity index (χ0) is 15.8. The van der Waals surface area contributed by atoms with Gasteiger partial charge in [0.1, 0.15) is 6.54 Å². The summed E-state index contributed by atoms with van der Waals surface area (Å²) in [5.41, 5.74) is 1.00. The first-order valence-corrected chi connectivity index (χ1v) is 7.41. The van der Waals surface area contributed by atoms with Crippen molar-refractivity contribution in [2.45, 2.75) is 52.0 Å². The van der Waals surface area contributed by atoms with Crippen molar-refractivity contribution in [3.63, 3.8) is 0 Å². The van der Waals surface area contributed by atoms with E-state index in [1.54, 1.807) is 4.90 Å². The third-order valence-corrected chi connectivity index (χ3v) is 4.31. The molecule has 0 saturated heterocycles. The molecule has 0 bridgehead atoms. The summed E-state index contributed by atoms with van der Waals surface area (Å²) in [6.07, 6.45) is 0.842. The van der Waals surface area contributed by atoms with Crippen molar-refractivity contribution in [2.75, 3.05) is 11.4 Å². The van der Waals surface area contributed by atoms with Crippen molar-refractivity contribution < 1.29 is 9.59 Å². The Bertz CT molecular complexity index is 576. The third-order valence-electron chi connectivity index (χ3n) is 4.31. The van der Waals surface area contributed by atoms with Crippen molar-refractivity contribution in [3.05, 3.63) is 29.8 Å². The van der Waals surface area contributed by atoms with Gasteiger partial charge in [0, 0.05) is 11.2 Å². The summed E-state index contributed by atoms with van der Waals surface area (Å²) in [5, 5.41) is 2.98. The van der Waals surface area contributed by atoms with E-state index in [0.717, 1.165) is 17.7 Å². The first-order valence-electron chi connectivity index (χ1n) is 7.41. The molecule has 0 spiro atoms. The molecular weight excluding hydrogens is 264 g/mol. The highest BCUT2D eigenvalue weighted by Gasteiger charge is 2.44. The number of nitrogens with zero attached hydrogens (tertiary/aromatic N) is 1. The highest BCUT2D eigenvalue weighted by atomic mass is 16.2. The molecule has 4 heteroatoms. The SMILES string of the molecule is CCC(C)(C)NC(=O)CN1C(=O)C(C)(C)c2ccccc21. The zero-order valence-electron chi connectivity index (χ0n) is 13.5. The van der Waals surface area contributed by atoms with Gasteiger partial charge >= 0.3 is 0 Å². The van der Waals surface area contributed by atoms with Gasteiger partial charge in [-0.25, -0.2) is 0 Å². The van der Waals surface area contributed by atoms with E-state index in [9.17, 15) is 9.59 Å². The Balaban J connectivity index is 2.22. The third kappa shape index (κ3) is 2.80. The Labute approximate surface area is 126 Å². The number of para-hydroxylation sites is 1. The van der Waals surface area contributed by atoms with Crippen LogP contribution in [0.25, 0.3) is 0 Å². The van der Waals surface area contributed by atoms with E-state index < -0.39 is 5.41 Å². The van der Waals surface area contributed by atoms with Gasteiger partial charge in [0.25, 0.3) is 0 Å². The highest BCUT2D eigenvalue weighted by molar-refractivity contribution is 6.10. The highest BCUT2D eigenvalue weighted by Crippen LogP contribution is 2.40. The Hall–Kier alpha value is -1.84. The predicted octanol–water partition coefficient (Wildman–Crippen LogP) is 2.62. The Morgan fingerprint density at radius 2 is 1.90 bits per heavy atom. The number of hydrogen-bond acceptors (Lipinski definition) is 2. The van der Waals surface area contributed by atoms with E-state index in [2.05, 4.69) is 5.32 Å².